The van der Waals surface area contributed by atoms with Gasteiger partial charge in [0.2, 0.25) is 0 Å². The number of nitrogens with zero attached hydrogens (tertiary/aromatic N) is 4. The molecule has 1 atom stereocenters. The third kappa shape index (κ3) is 4.63. The number of carbonyl (C=O) groups excluding carboxylic acids is 1. The third-order valence-electron chi connectivity index (χ3n) is 7.16. The molecule has 1 amide bonds. The molecular formula is C27H29N5O3. The number of hydrogen-bond donors (Lipinski definition) is 2. The van der Waals surface area contributed by atoms with Crippen LogP contribution in [0.2, 0.25) is 0 Å². The highest BCUT2D eigenvalue weighted by Crippen LogP contribution is 2.38. The van der Waals surface area contributed by atoms with Gasteiger partial charge in [0, 0.05) is 29.1 Å². The van der Waals surface area contributed by atoms with Crippen molar-refractivity contribution in [3.8, 4) is 11.8 Å². The molecule has 2 aromatic heterocycles. The van der Waals surface area contributed by atoms with Crippen molar-refractivity contribution in [3.63, 3.8) is 0 Å². The summed E-state index contributed by atoms with van der Waals surface area (Å²) >= 11 is 0. The number of benzene rings is 1. The fourth-order valence-corrected chi connectivity index (χ4v) is 4.91. The maximum absolute atomic E-state index is 13.4. The molecule has 3 aromatic rings. The summed E-state index contributed by atoms with van der Waals surface area (Å²) in [4.78, 5) is 33.9. The van der Waals surface area contributed by atoms with Crippen LogP contribution in [0.4, 0.5) is 0 Å². The van der Waals surface area contributed by atoms with Crippen LogP contribution < -0.4 is 5.32 Å². The van der Waals surface area contributed by atoms with Crippen LogP contribution in [0.25, 0.3) is 10.9 Å². The van der Waals surface area contributed by atoms with Crippen molar-refractivity contribution in [2.75, 3.05) is 0 Å². The van der Waals surface area contributed by atoms with Gasteiger partial charge in [-0.3, -0.25) is 24.2 Å². The highest BCUT2D eigenvalue weighted by Gasteiger charge is 2.29. The van der Waals surface area contributed by atoms with E-state index in [1.54, 1.807) is 19.2 Å². The highest BCUT2D eigenvalue weighted by atomic mass is 16.4. The minimum atomic E-state index is -0.754. The molecule has 5 rings (SSSR count). The van der Waals surface area contributed by atoms with Gasteiger partial charge in [-0.05, 0) is 64.5 Å². The number of carbonyl (C=O) groups is 2. The van der Waals surface area contributed by atoms with Gasteiger partial charge in [-0.1, -0.05) is 5.92 Å². The Balaban J connectivity index is 1.46. The molecule has 2 fully saturated rings. The zero-order chi connectivity index (χ0) is 24.5. The lowest BCUT2D eigenvalue weighted by molar-refractivity contribution is -0.142. The molecule has 0 spiro atoms. The average Bonchev–Trinajstić information content (AvgIpc) is 3.62. The van der Waals surface area contributed by atoms with E-state index in [9.17, 15) is 14.7 Å². The normalized spacial score (nSPS) is 20.6. The summed E-state index contributed by atoms with van der Waals surface area (Å²) in [5, 5.41) is 17.8. The number of nitrogens with one attached hydrogen (secondary N) is 1. The Morgan fingerprint density at radius 2 is 1.86 bits per heavy atom. The summed E-state index contributed by atoms with van der Waals surface area (Å²) < 4.78 is 1.83. The van der Waals surface area contributed by atoms with Crippen molar-refractivity contribution in [1.82, 2.24) is 25.1 Å². The molecule has 35 heavy (non-hydrogen) atoms. The number of amides is 1. The highest BCUT2D eigenvalue weighted by molar-refractivity contribution is 6.07. The second-order valence-corrected chi connectivity index (χ2v) is 9.56. The predicted molar refractivity (Wildman–Crippen MR) is 131 cm³/mol. The first-order valence-corrected chi connectivity index (χ1v) is 12.2. The van der Waals surface area contributed by atoms with Crippen molar-refractivity contribution in [2.45, 2.75) is 70.4 Å². The van der Waals surface area contributed by atoms with Crippen LogP contribution in [0.15, 0.2) is 30.7 Å². The molecule has 0 bridgehead atoms. The molecule has 2 heterocycles. The van der Waals surface area contributed by atoms with Gasteiger partial charge >= 0.3 is 5.97 Å². The van der Waals surface area contributed by atoms with Gasteiger partial charge in [0.05, 0.1) is 46.8 Å². The zero-order valence-corrected chi connectivity index (χ0v) is 20.0. The summed E-state index contributed by atoms with van der Waals surface area (Å²) in [7, 11) is 0. The van der Waals surface area contributed by atoms with Gasteiger partial charge in [0.25, 0.3) is 5.91 Å². The van der Waals surface area contributed by atoms with E-state index in [-0.39, 0.29) is 23.9 Å². The van der Waals surface area contributed by atoms with Crippen LogP contribution in [0.3, 0.4) is 0 Å². The minimum Gasteiger partial charge on any atom is -0.481 e. The van der Waals surface area contributed by atoms with Gasteiger partial charge in [0.15, 0.2) is 0 Å². The SMILES string of the molecule is CC#Cc1ccc(C(=O)NC2CCC(C(=O)O)CC2)c2c1cnn2C(C)c1cnc(C2CC2)cn1. The van der Waals surface area contributed by atoms with E-state index in [4.69, 9.17) is 0 Å². The number of aliphatic carboxylic acids is 1. The van der Waals surface area contributed by atoms with E-state index in [1.807, 2.05) is 30.1 Å². The lowest BCUT2D eigenvalue weighted by Gasteiger charge is -2.27. The fourth-order valence-electron chi connectivity index (χ4n) is 4.91. The van der Waals surface area contributed by atoms with Crippen molar-refractivity contribution in [1.29, 1.82) is 0 Å². The second-order valence-electron chi connectivity index (χ2n) is 9.56. The number of carboxylic acid groups (broad SMARTS) is 1. The van der Waals surface area contributed by atoms with Crippen molar-refractivity contribution >= 4 is 22.8 Å². The number of rotatable bonds is 6. The van der Waals surface area contributed by atoms with Crippen LogP contribution in [0, 0.1) is 17.8 Å². The molecule has 0 radical (unpaired) electrons. The molecule has 2 aliphatic carbocycles. The minimum absolute atomic E-state index is 0.0436. The van der Waals surface area contributed by atoms with Gasteiger partial charge < -0.3 is 10.4 Å². The Hall–Kier alpha value is -3.73. The first kappa shape index (κ1) is 23.0. The zero-order valence-electron chi connectivity index (χ0n) is 20.0. The van der Waals surface area contributed by atoms with E-state index in [0.717, 1.165) is 22.3 Å². The average molecular weight is 472 g/mol. The Morgan fingerprint density at radius 1 is 1.09 bits per heavy atom. The molecule has 0 aliphatic heterocycles. The molecule has 2 aliphatic rings. The summed E-state index contributed by atoms with van der Waals surface area (Å²) in [5.74, 6) is 5.32. The smallest absolute Gasteiger partial charge is 0.306 e. The maximum Gasteiger partial charge on any atom is 0.306 e. The standard InChI is InChI=1S/C27H29N5O3/c1-3-4-17-9-12-21(26(33)31-20-10-7-19(8-11-20)27(34)35)25-22(17)13-30-32(25)16(2)23-14-29-24(15-28-23)18-5-6-18/h9,12-16,18-20H,5-8,10-11H2,1-2H3,(H,31,33)(H,34,35). The van der Waals surface area contributed by atoms with Crippen LogP contribution in [0.5, 0.6) is 0 Å². The topological polar surface area (TPSA) is 110 Å². The van der Waals surface area contributed by atoms with Gasteiger partial charge in [-0.25, -0.2) is 0 Å². The van der Waals surface area contributed by atoms with Crippen molar-refractivity contribution < 1.29 is 14.7 Å². The van der Waals surface area contributed by atoms with Crippen LogP contribution in [0.1, 0.15) is 91.6 Å². The van der Waals surface area contributed by atoms with Crippen LogP contribution in [-0.4, -0.2) is 42.8 Å². The number of hydrogen-bond acceptors (Lipinski definition) is 5. The molecular weight excluding hydrogens is 442 g/mol. The first-order chi connectivity index (χ1) is 17.0. The van der Waals surface area contributed by atoms with Crippen LogP contribution >= 0.6 is 0 Å². The largest absolute Gasteiger partial charge is 0.481 e. The maximum atomic E-state index is 13.4. The first-order valence-electron chi connectivity index (χ1n) is 12.2. The van der Waals surface area contributed by atoms with Gasteiger partial charge in [0.1, 0.15) is 0 Å². The monoisotopic (exact) mass is 471 g/mol. The second kappa shape index (κ2) is 9.49. The number of carboxylic acids is 1. The van der Waals surface area contributed by atoms with Crippen LogP contribution in [-0.2, 0) is 4.79 Å². The van der Waals surface area contributed by atoms with E-state index < -0.39 is 5.97 Å². The van der Waals surface area contributed by atoms with E-state index in [2.05, 4.69) is 32.2 Å². The fraction of sp³-hybridized carbons (Fsp3) is 0.444. The summed E-state index contributed by atoms with van der Waals surface area (Å²) in [5.41, 5.74) is 3.86. The molecule has 8 heteroatoms. The molecule has 1 aromatic carbocycles. The third-order valence-corrected chi connectivity index (χ3v) is 7.16. The summed E-state index contributed by atoms with van der Waals surface area (Å²) in [6, 6.07) is 3.39. The molecule has 8 nitrogen and oxygen atoms in total. The van der Waals surface area contributed by atoms with E-state index in [0.29, 0.717) is 42.7 Å². The lowest BCUT2D eigenvalue weighted by atomic mass is 9.86. The molecule has 2 saturated carbocycles. The Morgan fingerprint density at radius 3 is 2.49 bits per heavy atom. The molecule has 2 N–H and O–H groups in total. The molecule has 1 unspecified atom stereocenters. The number of fused-ring (bicyclic) bond motifs is 1. The quantitative estimate of drug-likeness (QED) is 0.525. The Bertz CT molecular complexity index is 1320. The Kier molecular flexibility index (Phi) is 6.25. The Labute approximate surface area is 204 Å². The number of aromatic nitrogens is 4. The summed E-state index contributed by atoms with van der Waals surface area (Å²) in [6.07, 6.45) is 10.2. The predicted octanol–water partition coefficient (Wildman–Crippen LogP) is 4.06. The van der Waals surface area contributed by atoms with Gasteiger partial charge in [-0.15, -0.1) is 5.92 Å². The lowest BCUT2D eigenvalue weighted by Crippen LogP contribution is -2.39. The van der Waals surface area contributed by atoms with Crippen molar-refractivity contribution in [3.05, 3.63) is 53.2 Å². The van der Waals surface area contributed by atoms with Crippen molar-refractivity contribution in [2.24, 2.45) is 5.92 Å². The summed E-state index contributed by atoms with van der Waals surface area (Å²) in [6.45, 7) is 3.78. The molecule has 180 valence electrons. The molecule has 0 saturated heterocycles. The van der Waals surface area contributed by atoms with E-state index >= 15 is 0 Å². The van der Waals surface area contributed by atoms with E-state index in [1.165, 1.54) is 12.8 Å². The van der Waals surface area contributed by atoms with Gasteiger partial charge in [-0.2, -0.15) is 5.10 Å².